The van der Waals surface area contributed by atoms with Crippen LogP contribution in [0.25, 0.3) is 10.6 Å². The lowest BCUT2D eigenvalue weighted by Gasteiger charge is -2.26. The molecular weight excluding hydrogens is 332 g/mol. The molecule has 0 bridgehead atoms. The molecule has 0 saturated carbocycles. The summed E-state index contributed by atoms with van der Waals surface area (Å²) in [5, 5.41) is 4.89. The van der Waals surface area contributed by atoms with Gasteiger partial charge in [0.15, 0.2) is 0 Å². The molecular formula is C14H14ClF2N3OS. The second-order valence-corrected chi connectivity index (χ2v) is 5.53. The number of hydrogen-bond acceptors (Lipinski definition) is 4. The zero-order chi connectivity index (χ0) is 14.8. The van der Waals surface area contributed by atoms with E-state index in [0.717, 1.165) is 24.4 Å². The van der Waals surface area contributed by atoms with E-state index in [1.807, 2.05) is 0 Å². The number of piperazine rings is 1. The first kappa shape index (κ1) is 16.8. The van der Waals surface area contributed by atoms with Gasteiger partial charge in [0.05, 0.1) is 5.56 Å². The largest absolute Gasteiger partial charge is 0.335 e. The maximum Gasteiger partial charge on any atom is 0.273 e. The van der Waals surface area contributed by atoms with Gasteiger partial charge in [-0.1, -0.05) is 6.07 Å². The number of amides is 1. The number of nitrogens with one attached hydrogen (secondary N) is 1. The summed E-state index contributed by atoms with van der Waals surface area (Å²) in [4.78, 5) is 18.1. The van der Waals surface area contributed by atoms with Crippen LogP contribution in [0.4, 0.5) is 8.78 Å². The van der Waals surface area contributed by atoms with Crippen LogP contribution in [0.5, 0.6) is 0 Å². The minimum absolute atomic E-state index is 0. The highest BCUT2D eigenvalue weighted by Gasteiger charge is 2.22. The summed E-state index contributed by atoms with van der Waals surface area (Å²) in [6.07, 6.45) is 0. The van der Waals surface area contributed by atoms with Crippen molar-refractivity contribution in [2.24, 2.45) is 0 Å². The summed E-state index contributed by atoms with van der Waals surface area (Å²) in [6, 6.07) is 3.66. The molecule has 0 spiro atoms. The van der Waals surface area contributed by atoms with E-state index in [1.165, 1.54) is 18.2 Å². The van der Waals surface area contributed by atoms with Crippen LogP contribution < -0.4 is 5.32 Å². The van der Waals surface area contributed by atoms with Gasteiger partial charge >= 0.3 is 0 Å². The number of halogens is 3. The van der Waals surface area contributed by atoms with E-state index in [4.69, 9.17) is 0 Å². The van der Waals surface area contributed by atoms with Gasteiger partial charge < -0.3 is 10.2 Å². The van der Waals surface area contributed by atoms with Gasteiger partial charge in [-0.2, -0.15) is 0 Å². The molecule has 1 N–H and O–H groups in total. The average Bonchev–Trinajstić information content (AvgIpc) is 2.97. The Balaban J connectivity index is 0.00000176. The number of rotatable bonds is 2. The van der Waals surface area contributed by atoms with E-state index in [-0.39, 0.29) is 34.6 Å². The number of benzene rings is 1. The van der Waals surface area contributed by atoms with Crippen molar-refractivity contribution in [3.8, 4) is 10.6 Å². The standard InChI is InChI=1S/C14H13F2N3OS.ClH/c15-9-2-1-3-10(16)12(9)13-18-11(8-21-13)14(20)19-6-4-17-5-7-19;/h1-3,8,17H,4-7H2;1H. The van der Waals surface area contributed by atoms with Crippen LogP contribution in [0, 0.1) is 11.6 Å². The van der Waals surface area contributed by atoms with Crippen molar-refractivity contribution in [2.75, 3.05) is 26.2 Å². The normalized spacial score (nSPS) is 14.5. The fourth-order valence-corrected chi connectivity index (χ4v) is 3.06. The third kappa shape index (κ3) is 3.26. The molecule has 1 saturated heterocycles. The maximum atomic E-state index is 13.7. The lowest BCUT2D eigenvalue weighted by Crippen LogP contribution is -2.46. The minimum atomic E-state index is -0.675. The molecule has 0 aliphatic carbocycles. The van der Waals surface area contributed by atoms with Crippen molar-refractivity contribution in [1.29, 1.82) is 0 Å². The summed E-state index contributed by atoms with van der Waals surface area (Å²) >= 11 is 1.07. The van der Waals surface area contributed by atoms with Crippen LogP contribution in [-0.2, 0) is 0 Å². The summed E-state index contributed by atoms with van der Waals surface area (Å²) < 4.78 is 27.4. The summed E-state index contributed by atoms with van der Waals surface area (Å²) in [6.45, 7) is 2.70. The molecule has 1 fully saturated rings. The Morgan fingerprint density at radius 2 is 1.86 bits per heavy atom. The molecule has 1 aromatic heterocycles. The number of hydrogen-bond donors (Lipinski definition) is 1. The van der Waals surface area contributed by atoms with Crippen LogP contribution in [0.3, 0.4) is 0 Å². The van der Waals surface area contributed by atoms with Gasteiger partial charge in [0.25, 0.3) is 5.91 Å². The minimum Gasteiger partial charge on any atom is -0.335 e. The van der Waals surface area contributed by atoms with Gasteiger partial charge in [0.2, 0.25) is 0 Å². The molecule has 0 atom stereocenters. The number of carbonyl (C=O) groups excluding carboxylic acids is 1. The zero-order valence-electron chi connectivity index (χ0n) is 11.5. The van der Waals surface area contributed by atoms with Gasteiger partial charge in [-0.05, 0) is 12.1 Å². The zero-order valence-corrected chi connectivity index (χ0v) is 13.1. The fourth-order valence-electron chi connectivity index (χ4n) is 2.22. The predicted octanol–water partition coefficient (Wildman–Crippen LogP) is 2.56. The Kier molecular flexibility index (Phi) is 5.44. The van der Waals surface area contributed by atoms with Crippen LogP contribution in [-0.4, -0.2) is 42.0 Å². The number of carbonyl (C=O) groups is 1. The molecule has 0 radical (unpaired) electrons. The first-order valence-electron chi connectivity index (χ1n) is 6.56. The maximum absolute atomic E-state index is 13.7. The van der Waals surface area contributed by atoms with Gasteiger partial charge in [0.1, 0.15) is 22.3 Å². The Bertz CT molecular complexity index is 654. The molecule has 3 rings (SSSR count). The van der Waals surface area contributed by atoms with Crippen molar-refractivity contribution < 1.29 is 13.6 Å². The highest BCUT2D eigenvalue weighted by molar-refractivity contribution is 7.13. The molecule has 2 heterocycles. The lowest BCUT2D eigenvalue weighted by molar-refractivity contribution is 0.0731. The summed E-state index contributed by atoms with van der Waals surface area (Å²) in [5.74, 6) is -1.55. The van der Waals surface area contributed by atoms with E-state index < -0.39 is 11.6 Å². The van der Waals surface area contributed by atoms with E-state index in [9.17, 15) is 13.6 Å². The topological polar surface area (TPSA) is 45.2 Å². The van der Waals surface area contributed by atoms with Crippen LogP contribution in [0.2, 0.25) is 0 Å². The molecule has 1 amide bonds. The third-order valence-corrected chi connectivity index (χ3v) is 4.16. The van der Waals surface area contributed by atoms with E-state index in [2.05, 4.69) is 10.3 Å². The Labute approximate surface area is 136 Å². The molecule has 1 aliphatic heterocycles. The van der Waals surface area contributed by atoms with Crippen molar-refractivity contribution in [3.05, 3.63) is 40.9 Å². The summed E-state index contributed by atoms with van der Waals surface area (Å²) in [7, 11) is 0. The lowest BCUT2D eigenvalue weighted by atomic mass is 10.2. The summed E-state index contributed by atoms with van der Waals surface area (Å²) in [5.41, 5.74) is 0.0569. The average molecular weight is 346 g/mol. The van der Waals surface area contributed by atoms with Crippen molar-refractivity contribution >= 4 is 29.7 Å². The number of aromatic nitrogens is 1. The highest BCUT2D eigenvalue weighted by Crippen LogP contribution is 2.29. The predicted molar refractivity (Wildman–Crippen MR) is 83.5 cm³/mol. The second kappa shape index (κ2) is 7.13. The number of thiazole rings is 1. The fraction of sp³-hybridized carbons (Fsp3) is 0.286. The molecule has 1 aliphatic rings. The smallest absolute Gasteiger partial charge is 0.273 e. The number of nitrogens with zero attached hydrogens (tertiary/aromatic N) is 2. The van der Waals surface area contributed by atoms with Crippen molar-refractivity contribution in [2.45, 2.75) is 0 Å². The first-order chi connectivity index (χ1) is 10.2. The van der Waals surface area contributed by atoms with Gasteiger partial charge in [-0.15, -0.1) is 23.7 Å². The van der Waals surface area contributed by atoms with E-state index in [1.54, 1.807) is 10.3 Å². The molecule has 1 aromatic carbocycles. The Hall–Kier alpha value is -1.57. The highest BCUT2D eigenvalue weighted by atomic mass is 35.5. The SMILES string of the molecule is Cl.O=C(c1csc(-c2c(F)cccc2F)n1)N1CCNCC1. The van der Waals surface area contributed by atoms with Gasteiger partial charge in [-0.3, -0.25) is 4.79 Å². The van der Waals surface area contributed by atoms with Crippen LogP contribution in [0.1, 0.15) is 10.5 Å². The molecule has 22 heavy (non-hydrogen) atoms. The van der Waals surface area contributed by atoms with Gasteiger partial charge in [0, 0.05) is 31.6 Å². The van der Waals surface area contributed by atoms with Crippen molar-refractivity contribution in [3.63, 3.8) is 0 Å². The molecule has 8 heteroatoms. The Morgan fingerprint density at radius 1 is 1.23 bits per heavy atom. The molecule has 0 unspecified atom stereocenters. The third-order valence-electron chi connectivity index (χ3n) is 3.30. The second-order valence-electron chi connectivity index (χ2n) is 4.68. The van der Waals surface area contributed by atoms with Crippen LogP contribution in [0.15, 0.2) is 23.6 Å². The van der Waals surface area contributed by atoms with Crippen LogP contribution >= 0.6 is 23.7 Å². The van der Waals surface area contributed by atoms with E-state index in [0.29, 0.717) is 13.1 Å². The molecule has 118 valence electrons. The molecule has 4 nitrogen and oxygen atoms in total. The first-order valence-corrected chi connectivity index (χ1v) is 7.44. The van der Waals surface area contributed by atoms with E-state index >= 15 is 0 Å². The quantitative estimate of drug-likeness (QED) is 0.910. The Morgan fingerprint density at radius 3 is 2.50 bits per heavy atom. The monoisotopic (exact) mass is 345 g/mol. The van der Waals surface area contributed by atoms with Gasteiger partial charge in [-0.25, -0.2) is 13.8 Å². The van der Waals surface area contributed by atoms with Crippen molar-refractivity contribution in [1.82, 2.24) is 15.2 Å². The molecule has 2 aromatic rings.